The highest BCUT2D eigenvalue weighted by molar-refractivity contribution is 8.18. The predicted octanol–water partition coefficient (Wildman–Crippen LogP) is 4.00. The fraction of sp³-hybridized carbons (Fsp3) is 0.208. The first-order chi connectivity index (χ1) is 15.3. The first-order valence-corrected chi connectivity index (χ1v) is 10.5. The molecule has 1 fully saturated rings. The zero-order chi connectivity index (χ0) is 23.3. The van der Waals surface area contributed by atoms with Crippen molar-refractivity contribution in [1.82, 2.24) is 4.90 Å². The lowest BCUT2D eigenvalue weighted by Gasteiger charge is -2.14. The minimum Gasteiger partial charge on any atom is -0.493 e. The maximum Gasteiger partial charge on any atom is 0.294 e. The minimum absolute atomic E-state index is 0.0960. The summed E-state index contributed by atoms with van der Waals surface area (Å²) in [6.45, 7) is 3.57. The molecule has 2 aromatic rings. The Balaban J connectivity index is 1.73. The smallest absolute Gasteiger partial charge is 0.294 e. The average Bonchev–Trinajstić information content (AvgIpc) is 3.03. The number of methoxy groups -OCH3 is 1. The summed E-state index contributed by atoms with van der Waals surface area (Å²) in [6, 6.07) is 10.6. The Hall–Kier alpha value is -3.70. The SMILES string of the molecule is C#CCOc1ccc(/C=C2\SC(=O)N(CC(=O)Nc3cccc(C)c3C)C2=O)cc1OC. The van der Waals surface area contributed by atoms with E-state index in [-0.39, 0.29) is 18.1 Å². The van der Waals surface area contributed by atoms with E-state index in [0.717, 1.165) is 27.8 Å². The van der Waals surface area contributed by atoms with Crippen LogP contribution in [0.4, 0.5) is 10.5 Å². The molecule has 0 radical (unpaired) electrons. The molecule has 8 heteroatoms. The molecule has 0 saturated carbocycles. The Kier molecular flexibility index (Phi) is 7.23. The van der Waals surface area contributed by atoms with Gasteiger partial charge in [0.25, 0.3) is 11.1 Å². The number of nitrogens with zero attached hydrogens (tertiary/aromatic N) is 1. The van der Waals surface area contributed by atoms with Crippen molar-refractivity contribution in [3.05, 3.63) is 58.0 Å². The summed E-state index contributed by atoms with van der Waals surface area (Å²) in [5.74, 6) is 2.33. The number of carbonyl (C=O) groups is 3. The number of terminal acetylenes is 1. The van der Waals surface area contributed by atoms with E-state index >= 15 is 0 Å². The van der Waals surface area contributed by atoms with E-state index in [4.69, 9.17) is 15.9 Å². The molecule has 1 saturated heterocycles. The fourth-order valence-corrected chi connectivity index (χ4v) is 3.86. The monoisotopic (exact) mass is 450 g/mol. The van der Waals surface area contributed by atoms with E-state index in [1.165, 1.54) is 7.11 Å². The maximum absolute atomic E-state index is 12.7. The van der Waals surface area contributed by atoms with Gasteiger partial charge in [0.05, 0.1) is 12.0 Å². The molecule has 7 nitrogen and oxygen atoms in total. The first-order valence-electron chi connectivity index (χ1n) is 9.69. The second-order valence-corrected chi connectivity index (χ2v) is 7.96. The lowest BCUT2D eigenvalue weighted by atomic mass is 10.1. The van der Waals surface area contributed by atoms with Crippen LogP contribution in [0.2, 0.25) is 0 Å². The highest BCUT2D eigenvalue weighted by Crippen LogP contribution is 2.34. The van der Waals surface area contributed by atoms with Crippen LogP contribution in [0.25, 0.3) is 6.08 Å². The van der Waals surface area contributed by atoms with Crippen molar-refractivity contribution in [2.45, 2.75) is 13.8 Å². The Morgan fingerprint density at radius 3 is 2.72 bits per heavy atom. The number of thioether (sulfide) groups is 1. The van der Waals surface area contributed by atoms with Gasteiger partial charge in [-0.1, -0.05) is 24.1 Å². The second kappa shape index (κ2) is 10.1. The van der Waals surface area contributed by atoms with Gasteiger partial charge in [-0.15, -0.1) is 6.42 Å². The summed E-state index contributed by atoms with van der Waals surface area (Å²) in [5.41, 5.74) is 3.25. The first kappa shape index (κ1) is 23.0. The van der Waals surface area contributed by atoms with Crippen molar-refractivity contribution in [3.8, 4) is 23.8 Å². The molecule has 2 aromatic carbocycles. The third-order valence-electron chi connectivity index (χ3n) is 4.85. The van der Waals surface area contributed by atoms with E-state index in [2.05, 4.69) is 11.2 Å². The largest absolute Gasteiger partial charge is 0.493 e. The Morgan fingerprint density at radius 1 is 1.22 bits per heavy atom. The summed E-state index contributed by atoms with van der Waals surface area (Å²) < 4.78 is 10.7. The molecule has 3 amide bonds. The van der Waals surface area contributed by atoms with Crippen LogP contribution in [0.1, 0.15) is 16.7 Å². The highest BCUT2D eigenvalue weighted by Gasteiger charge is 2.36. The average molecular weight is 451 g/mol. The van der Waals surface area contributed by atoms with Crippen molar-refractivity contribution in [2.75, 3.05) is 25.6 Å². The van der Waals surface area contributed by atoms with Crippen molar-refractivity contribution < 1.29 is 23.9 Å². The molecule has 0 aromatic heterocycles. The number of imide groups is 1. The summed E-state index contributed by atoms with van der Waals surface area (Å²) in [5, 5.41) is 2.26. The van der Waals surface area contributed by atoms with Gasteiger partial charge in [-0.05, 0) is 66.6 Å². The number of anilines is 1. The molecule has 1 aliphatic rings. The number of carbonyl (C=O) groups excluding carboxylic acids is 3. The number of benzene rings is 2. The van der Waals surface area contributed by atoms with Crippen molar-refractivity contribution in [2.24, 2.45) is 0 Å². The Morgan fingerprint density at radius 2 is 2.00 bits per heavy atom. The zero-order valence-corrected chi connectivity index (χ0v) is 18.7. The fourth-order valence-electron chi connectivity index (χ4n) is 3.02. The van der Waals surface area contributed by atoms with Crippen LogP contribution >= 0.6 is 11.8 Å². The molecule has 1 heterocycles. The zero-order valence-electron chi connectivity index (χ0n) is 17.9. The van der Waals surface area contributed by atoms with E-state index in [0.29, 0.717) is 22.7 Å². The molecule has 0 spiro atoms. The van der Waals surface area contributed by atoms with Gasteiger partial charge < -0.3 is 14.8 Å². The third kappa shape index (κ3) is 5.13. The number of rotatable bonds is 7. The van der Waals surface area contributed by atoms with Gasteiger partial charge in [-0.2, -0.15) is 0 Å². The number of amides is 3. The van der Waals surface area contributed by atoms with Gasteiger partial charge in [-0.3, -0.25) is 19.3 Å². The molecular formula is C24H22N2O5S. The minimum atomic E-state index is -0.525. The molecule has 1 N–H and O–H groups in total. The van der Waals surface area contributed by atoms with Gasteiger partial charge in [-0.25, -0.2) is 0 Å². The lowest BCUT2D eigenvalue weighted by Crippen LogP contribution is -2.36. The van der Waals surface area contributed by atoms with E-state index in [9.17, 15) is 14.4 Å². The molecule has 1 aliphatic heterocycles. The molecule has 164 valence electrons. The molecule has 3 rings (SSSR count). The van der Waals surface area contributed by atoms with Crippen LogP contribution < -0.4 is 14.8 Å². The van der Waals surface area contributed by atoms with Crippen molar-refractivity contribution in [1.29, 1.82) is 0 Å². The number of nitrogens with one attached hydrogen (secondary N) is 1. The van der Waals surface area contributed by atoms with Crippen LogP contribution in [0.3, 0.4) is 0 Å². The van der Waals surface area contributed by atoms with Gasteiger partial charge in [0.1, 0.15) is 13.2 Å². The van der Waals surface area contributed by atoms with E-state index < -0.39 is 17.1 Å². The van der Waals surface area contributed by atoms with Crippen LogP contribution in [-0.2, 0) is 9.59 Å². The number of hydrogen-bond acceptors (Lipinski definition) is 6. The quantitative estimate of drug-likeness (QED) is 0.507. The van der Waals surface area contributed by atoms with Gasteiger partial charge in [0, 0.05) is 5.69 Å². The molecule has 32 heavy (non-hydrogen) atoms. The van der Waals surface area contributed by atoms with Crippen LogP contribution in [0.5, 0.6) is 11.5 Å². The maximum atomic E-state index is 12.7. The standard InChI is InChI=1S/C24H22N2O5S/c1-5-11-31-19-10-9-17(12-20(19)30-4)13-21-23(28)26(24(29)32-21)14-22(27)25-18-8-6-7-15(2)16(18)3/h1,6-10,12-13H,11,14H2,2-4H3,(H,25,27)/b21-13-. The van der Waals surface area contributed by atoms with Crippen LogP contribution in [0, 0.1) is 26.2 Å². The van der Waals surface area contributed by atoms with E-state index in [1.54, 1.807) is 30.3 Å². The lowest BCUT2D eigenvalue weighted by molar-refractivity contribution is -0.127. The molecule has 0 aliphatic carbocycles. The normalized spacial score (nSPS) is 14.4. The van der Waals surface area contributed by atoms with Gasteiger partial charge in [0.2, 0.25) is 5.91 Å². The Bertz CT molecular complexity index is 1150. The molecule has 0 atom stereocenters. The predicted molar refractivity (Wildman–Crippen MR) is 125 cm³/mol. The second-order valence-electron chi connectivity index (χ2n) is 6.97. The number of ether oxygens (including phenoxy) is 2. The summed E-state index contributed by atoms with van der Waals surface area (Å²) in [6.07, 6.45) is 6.78. The summed E-state index contributed by atoms with van der Waals surface area (Å²) in [7, 11) is 1.49. The highest BCUT2D eigenvalue weighted by atomic mass is 32.2. The molecule has 0 bridgehead atoms. The van der Waals surface area contributed by atoms with Crippen LogP contribution in [-0.4, -0.2) is 42.2 Å². The van der Waals surface area contributed by atoms with Gasteiger partial charge in [0.15, 0.2) is 11.5 Å². The number of hydrogen-bond donors (Lipinski definition) is 1. The van der Waals surface area contributed by atoms with Crippen LogP contribution in [0.15, 0.2) is 41.3 Å². The van der Waals surface area contributed by atoms with Gasteiger partial charge >= 0.3 is 0 Å². The van der Waals surface area contributed by atoms with Crippen molar-refractivity contribution in [3.63, 3.8) is 0 Å². The Labute approximate surface area is 190 Å². The topological polar surface area (TPSA) is 84.9 Å². The third-order valence-corrected chi connectivity index (χ3v) is 5.76. The molecule has 0 unspecified atom stereocenters. The summed E-state index contributed by atoms with van der Waals surface area (Å²) >= 11 is 0.782. The molecular weight excluding hydrogens is 428 g/mol. The summed E-state index contributed by atoms with van der Waals surface area (Å²) in [4.78, 5) is 38.7. The van der Waals surface area contributed by atoms with E-state index in [1.807, 2.05) is 26.0 Å². The number of aryl methyl sites for hydroxylation is 1. The van der Waals surface area contributed by atoms with Crippen molar-refractivity contribution >= 4 is 40.6 Å².